The molecule has 0 saturated heterocycles. The largest absolute Gasteiger partial charge is 0.346 e. The summed E-state index contributed by atoms with van der Waals surface area (Å²) >= 11 is 5.91. The van der Waals surface area contributed by atoms with Gasteiger partial charge in [0, 0.05) is 12.6 Å². The summed E-state index contributed by atoms with van der Waals surface area (Å²) in [5.41, 5.74) is 1.11. The fourth-order valence-corrected chi connectivity index (χ4v) is 1.74. The molecule has 6 heteroatoms. The first kappa shape index (κ1) is 12.6. The van der Waals surface area contributed by atoms with Crippen LogP contribution < -0.4 is 5.32 Å². The molecule has 1 aromatic heterocycles. The van der Waals surface area contributed by atoms with E-state index in [0.717, 1.165) is 0 Å². The quantitative estimate of drug-likeness (QED) is 0.926. The van der Waals surface area contributed by atoms with Gasteiger partial charge in [0.15, 0.2) is 0 Å². The Balaban J connectivity index is 2.03. The number of aryl methyl sites for hydroxylation is 1. The SMILES string of the molecule is Cn1ncc(Cl)c1CNC(=O)c1ccc(F)cc1. The van der Waals surface area contributed by atoms with Gasteiger partial charge in [0.25, 0.3) is 5.91 Å². The number of benzene rings is 1. The molecule has 0 radical (unpaired) electrons. The number of rotatable bonds is 3. The van der Waals surface area contributed by atoms with Gasteiger partial charge in [-0.1, -0.05) is 11.6 Å². The molecule has 0 aliphatic rings. The van der Waals surface area contributed by atoms with Gasteiger partial charge in [0.2, 0.25) is 0 Å². The molecule has 18 heavy (non-hydrogen) atoms. The van der Waals surface area contributed by atoms with Gasteiger partial charge in [0.05, 0.1) is 23.5 Å². The third-order valence-electron chi connectivity index (χ3n) is 2.53. The number of halogens is 2. The minimum Gasteiger partial charge on any atom is -0.346 e. The zero-order valence-electron chi connectivity index (χ0n) is 9.65. The van der Waals surface area contributed by atoms with Gasteiger partial charge in [0.1, 0.15) is 5.82 Å². The maximum absolute atomic E-state index is 12.7. The standard InChI is InChI=1S/C12H11ClFN3O/c1-17-11(10(13)6-16-17)7-15-12(18)8-2-4-9(14)5-3-8/h2-6H,7H2,1H3,(H,15,18). The highest BCUT2D eigenvalue weighted by Crippen LogP contribution is 2.13. The Hall–Kier alpha value is -1.88. The van der Waals surface area contributed by atoms with Crippen LogP contribution in [0.4, 0.5) is 4.39 Å². The molecule has 0 fully saturated rings. The van der Waals surface area contributed by atoms with E-state index in [1.165, 1.54) is 30.5 Å². The minimum atomic E-state index is -0.374. The maximum Gasteiger partial charge on any atom is 0.251 e. The first-order chi connectivity index (χ1) is 8.58. The summed E-state index contributed by atoms with van der Waals surface area (Å²) in [6, 6.07) is 5.34. The van der Waals surface area contributed by atoms with Crippen molar-refractivity contribution in [3.63, 3.8) is 0 Å². The van der Waals surface area contributed by atoms with Crippen molar-refractivity contribution in [1.29, 1.82) is 0 Å². The molecule has 0 aliphatic carbocycles. The van der Waals surface area contributed by atoms with Gasteiger partial charge < -0.3 is 5.32 Å². The van der Waals surface area contributed by atoms with Crippen molar-refractivity contribution in [2.45, 2.75) is 6.54 Å². The van der Waals surface area contributed by atoms with E-state index < -0.39 is 0 Å². The van der Waals surface area contributed by atoms with Crippen molar-refractivity contribution in [2.24, 2.45) is 7.05 Å². The summed E-state index contributed by atoms with van der Waals surface area (Å²) in [6.45, 7) is 0.269. The Morgan fingerprint density at radius 1 is 1.44 bits per heavy atom. The van der Waals surface area contributed by atoms with Crippen LogP contribution in [-0.4, -0.2) is 15.7 Å². The van der Waals surface area contributed by atoms with Crippen LogP contribution in [0, 0.1) is 5.82 Å². The van der Waals surface area contributed by atoms with Gasteiger partial charge in [-0.2, -0.15) is 5.10 Å². The summed E-state index contributed by atoms with van der Waals surface area (Å²) in [5, 5.41) is 7.16. The lowest BCUT2D eigenvalue weighted by Gasteiger charge is -2.06. The van der Waals surface area contributed by atoms with Crippen molar-refractivity contribution in [1.82, 2.24) is 15.1 Å². The van der Waals surface area contributed by atoms with Crippen molar-refractivity contribution >= 4 is 17.5 Å². The van der Waals surface area contributed by atoms with Gasteiger partial charge in [-0.15, -0.1) is 0 Å². The van der Waals surface area contributed by atoms with Crippen LogP contribution in [0.5, 0.6) is 0 Å². The predicted octanol–water partition coefficient (Wildman–Crippen LogP) is 2.14. The van der Waals surface area contributed by atoms with E-state index in [1.54, 1.807) is 11.7 Å². The third kappa shape index (κ3) is 2.68. The van der Waals surface area contributed by atoms with E-state index in [2.05, 4.69) is 10.4 Å². The molecular weight excluding hydrogens is 257 g/mol. The Bertz CT molecular complexity index is 546. The van der Waals surface area contributed by atoms with Crippen LogP contribution in [0.3, 0.4) is 0 Å². The molecule has 0 aliphatic heterocycles. The fraction of sp³-hybridized carbons (Fsp3) is 0.167. The summed E-state index contributed by atoms with van der Waals surface area (Å²) in [7, 11) is 1.74. The number of hydrogen-bond donors (Lipinski definition) is 1. The first-order valence-corrected chi connectivity index (χ1v) is 5.66. The zero-order chi connectivity index (χ0) is 13.1. The zero-order valence-corrected chi connectivity index (χ0v) is 10.4. The Labute approximate surface area is 108 Å². The normalized spacial score (nSPS) is 10.4. The second kappa shape index (κ2) is 5.18. The maximum atomic E-state index is 12.7. The van der Waals surface area contributed by atoms with Crippen LogP contribution in [0.25, 0.3) is 0 Å². The van der Waals surface area contributed by atoms with E-state index >= 15 is 0 Å². The summed E-state index contributed by atoms with van der Waals surface area (Å²) in [4.78, 5) is 11.8. The van der Waals surface area contributed by atoms with Crippen LogP contribution in [0.15, 0.2) is 30.5 Å². The van der Waals surface area contributed by atoms with Crippen LogP contribution in [0.1, 0.15) is 16.1 Å². The molecule has 4 nitrogen and oxygen atoms in total. The Morgan fingerprint density at radius 3 is 2.67 bits per heavy atom. The fourth-order valence-electron chi connectivity index (χ4n) is 1.50. The van der Waals surface area contributed by atoms with Gasteiger partial charge in [-0.25, -0.2) is 4.39 Å². The van der Waals surface area contributed by atoms with E-state index in [4.69, 9.17) is 11.6 Å². The van der Waals surface area contributed by atoms with Crippen molar-refractivity contribution in [3.05, 3.63) is 52.6 Å². The van der Waals surface area contributed by atoms with Crippen molar-refractivity contribution in [3.8, 4) is 0 Å². The van der Waals surface area contributed by atoms with Gasteiger partial charge in [-0.3, -0.25) is 9.48 Å². The van der Waals surface area contributed by atoms with Crippen LogP contribution in [0.2, 0.25) is 5.02 Å². The number of aromatic nitrogens is 2. The summed E-state index contributed by atoms with van der Waals surface area (Å²) in [5.74, 6) is -0.659. The van der Waals surface area contributed by atoms with E-state index in [-0.39, 0.29) is 18.3 Å². The lowest BCUT2D eigenvalue weighted by Crippen LogP contribution is -2.24. The average molecular weight is 268 g/mol. The molecule has 0 spiro atoms. The second-order valence-electron chi connectivity index (χ2n) is 3.75. The van der Waals surface area contributed by atoms with E-state index in [9.17, 15) is 9.18 Å². The van der Waals surface area contributed by atoms with E-state index in [1.807, 2.05) is 0 Å². The minimum absolute atomic E-state index is 0.269. The van der Waals surface area contributed by atoms with Crippen LogP contribution in [-0.2, 0) is 13.6 Å². The van der Waals surface area contributed by atoms with Gasteiger partial charge in [-0.05, 0) is 24.3 Å². The lowest BCUT2D eigenvalue weighted by molar-refractivity contribution is 0.0950. The highest BCUT2D eigenvalue weighted by atomic mass is 35.5. The molecule has 94 valence electrons. The third-order valence-corrected chi connectivity index (χ3v) is 2.85. The van der Waals surface area contributed by atoms with Gasteiger partial charge >= 0.3 is 0 Å². The van der Waals surface area contributed by atoms with Crippen molar-refractivity contribution < 1.29 is 9.18 Å². The van der Waals surface area contributed by atoms with Crippen molar-refractivity contribution in [2.75, 3.05) is 0 Å². The molecule has 0 unspecified atom stereocenters. The Morgan fingerprint density at radius 2 is 2.11 bits per heavy atom. The number of carbonyl (C=O) groups is 1. The molecule has 0 atom stereocenters. The smallest absolute Gasteiger partial charge is 0.251 e. The summed E-state index contributed by atoms with van der Waals surface area (Å²) < 4.78 is 14.3. The highest BCUT2D eigenvalue weighted by Gasteiger charge is 2.09. The Kier molecular flexibility index (Phi) is 3.62. The molecular formula is C12H11ClFN3O. The molecule has 2 aromatic rings. The lowest BCUT2D eigenvalue weighted by atomic mass is 10.2. The highest BCUT2D eigenvalue weighted by molar-refractivity contribution is 6.31. The number of carbonyl (C=O) groups excluding carboxylic acids is 1. The molecule has 1 amide bonds. The molecule has 0 saturated carbocycles. The molecule has 1 N–H and O–H groups in total. The van der Waals surface area contributed by atoms with E-state index in [0.29, 0.717) is 16.3 Å². The number of hydrogen-bond acceptors (Lipinski definition) is 2. The molecule has 1 heterocycles. The molecule has 0 bridgehead atoms. The number of nitrogens with one attached hydrogen (secondary N) is 1. The number of nitrogens with zero attached hydrogens (tertiary/aromatic N) is 2. The second-order valence-corrected chi connectivity index (χ2v) is 4.16. The molecule has 2 rings (SSSR count). The summed E-state index contributed by atoms with van der Waals surface area (Å²) in [6.07, 6.45) is 1.51. The number of amides is 1. The average Bonchev–Trinajstić information content (AvgIpc) is 2.67. The molecule has 1 aromatic carbocycles. The monoisotopic (exact) mass is 267 g/mol. The van der Waals surface area contributed by atoms with Crippen LogP contribution >= 0.6 is 11.6 Å². The topological polar surface area (TPSA) is 46.9 Å². The predicted molar refractivity (Wildman–Crippen MR) is 65.8 cm³/mol. The first-order valence-electron chi connectivity index (χ1n) is 5.28.